The number of nitrogens with zero attached hydrogens (tertiary/aromatic N) is 2. The summed E-state index contributed by atoms with van der Waals surface area (Å²) in [6.07, 6.45) is 6.24. The second kappa shape index (κ2) is 4.20. The monoisotopic (exact) mass is 231 g/mol. The summed E-state index contributed by atoms with van der Waals surface area (Å²) in [7, 11) is 0. The Kier molecular flexibility index (Phi) is 2.55. The first-order chi connectivity index (χ1) is 8.33. The van der Waals surface area contributed by atoms with Crippen LogP contribution in [0.15, 0.2) is 36.7 Å². The molecule has 1 N–H and O–H groups in total. The standard InChI is InChI=1S/C13H14FN3/c14-11-3-1-2-10(8-11)9-16-13-15-6-7-17(13)12-4-5-12/h1-3,6-8,12H,4-5,9H2,(H,15,16). The third-order valence-electron chi connectivity index (χ3n) is 2.95. The highest BCUT2D eigenvalue weighted by atomic mass is 19.1. The zero-order valence-corrected chi connectivity index (χ0v) is 9.44. The van der Waals surface area contributed by atoms with Crippen LogP contribution in [-0.4, -0.2) is 9.55 Å². The Labute approximate surface area is 99.3 Å². The summed E-state index contributed by atoms with van der Waals surface area (Å²) >= 11 is 0. The number of hydrogen-bond donors (Lipinski definition) is 1. The Balaban J connectivity index is 1.69. The molecule has 0 unspecified atom stereocenters. The minimum absolute atomic E-state index is 0.199. The molecule has 1 heterocycles. The van der Waals surface area contributed by atoms with Crippen LogP contribution in [0.25, 0.3) is 0 Å². The van der Waals surface area contributed by atoms with E-state index in [1.54, 1.807) is 12.3 Å². The molecule has 0 amide bonds. The van der Waals surface area contributed by atoms with Crippen molar-refractivity contribution in [3.8, 4) is 0 Å². The van der Waals surface area contributed by atoms with E-state index in [1.165, 1.54) is 25.0 Å². The van der Waals surface area contributed by atoms with Crippen LogP contribution in [0.3, 0.4) is 0 Å². The molecular formula is C13H14FN3. The van der Waals surface area contributed by atoms with E-state index < -0.39 is 0 Å². The van der Waals surface area contributed by atoms with Crippen LogP contribution in [0.4, 0.5) is 10.3 Å². The van der Waals surface area contributed by atoms with E-state index >= 15 is 0 Å². The number of nitrogens with one attached hydrogen (secondary N) is 1. The molecule has 17 heavy (non-hydrogen) atoms. The van der Waals surface area contributed by atoms with Crippen molar-refractivity contribution in [2.45, 2.75) is 25.4 Å². The van der Waals surface area contributed by atoms with Gasteiger partial charge in [-0.25, -0.2) is 9.37 Å². The number of imidazole rings is 1. The van der Waals surface area contributed by atoms with Gasteiger partial charge in [-0.2, -0.15) is 0 Å². The van der Waals surface area contributed by atoms with E-state index in [2.05, 4.69) is 14.9 Å². The summed E-state index contributed by atoms with van der Waals surface area (Å²) < 4.78 is 15.2. The molecule has 3 nitrogen and oxygen atoms in total. The molecule has 1 aliphatic rings. The van der Waals surface area contributed by atoms with Gasteiger partial charge in [-0.15, -0.1) is 0 Å². The quantitative estimate of drug-likeness (QED) is 0.876. The molecule has 1 aliphatic carbocycles. The van der Waals surface area contributed by atoms with Gasteiger partial charge < -0.3 is 9.88 Å². The van der Waals surface area contributed by atoms with Crippen molar-refractivity contribution in [1.82, 2.24) is 9.55 Å². The van der Waals surface area contributed by atoms with Gasteiger partial charge in [0.25, 0.3) is 0 Å². The van der Waals surface area contributed by atoms with Crippen molar-refractivity contribution < 1.29 is 4.39 Å². The molecule has 1 aromatic heterocycles. The van der Waals surface area contributed by atoms with Crippen molar-refractivity contribution in [1.29, 1.82) is 0 Å². The van der Waals surface area contributed by atoms with Gasteiger partial charge in [0.05, 0.1) is 0 Å². The average molecular weight is 231 g/mol. The van der Waals surface area contributed by atoms with Crippen LogP contribution in [-0.2, 0) is 6.54 Å². The number of halogens is 1. The summed E-state index contributed by atoms with van der Waals surface area (Å²) in [5.74, 6) is 0.673. The molecule has 0 radical (unpaired) electrons. The Morgan fingerprint density at radius 3 is 3.06 bits per heavy atom. The van der Waals surface area contributed by atoms with Crippen molar-refractivity contribution in [3.63, 3.8) is 0 Å². The summed E-state index contributed by atoms with van der Waals surface area (Å²) in [6, 6.07) is 7.22. The lowest BCUT2D eigenvalue weighted by molar-refractivity contribution is 0.625. The predicted octanol–water partition coefficient (Wildman–Crippen LogP) is 2.97. The lowest BCUT2D eigenvalue weighted by Gasteiger charge is -2.08. The number of anilines is 1. The molecular weight excluding hydrogens is 217 g/mol. The van der Waals surface area contributed by atoms with Crippen LogP contribution in [0.2, 0.25) is 0 Å². The second-order valence-corrected chi connectivity index (χ2v) is 4.37. The Bertz CT molecular complexity index is 517. The largest absolute Gasteiger partial charge is 0.352 e. The maximum Gasteiger partial charge on any atom is 0.203 e. The van der Waals surface area contributed by atoms with Crippen molar-refractivity contribution in [3.05, 3.63) is 48.0 Å². The van der Waals surface area contributed by atoms with E-state index in [9.17, 15) is 4.39 Å². The Hall–Kier alpha value is -1.84. The second-order valence-electron chi connectivity index (χ2n) is 4.37. The fourth-order valence-corrected chi connectivity index (χ4v) is 1.93. The van der Waals surface area contributed by atoms with Gasteiger partial charge in [-0.3, -0.25) is 0 Å². The topological polar surface area (TPSA) is 29.9 Å². The molecule has 0 aliphatic heterocycles. The molecule has 3 rings (SSSR count). The minimum atomic E-state index is -0.199. The van der Waals surface area contributed by atoms with Gasteiger partial charge in [0.2, 0.25) is 5.95 Å². The minimum Gasteiger partial charge on any atom is -0.352 e. The molecule has 2 aromatic rings. The van der Waals surface area contributed by atoms with Gasteiger partial charge in [0.1, 0.15) is 5.82 Å². The average Bonchev–Trinajstić information content (AvgIpc) is 3.06. The van der Waals surface area contributed by atoms with Crippen LogP contribution >= 0.6 is 0 Å². The highest BCUT2D eigenvalue weighted by Gasteiger charge is 2.25. The molecule has 0 bridgehead atoms. The summed E-state index contributed by atoms with van der Waals surface area (Å²) in [4.78, 5) is 4.27. The van der Waals surface area contributed by atoms with Gasteiger partial charge in [0, 0.05) is 25.0 Å². The lowest BCUT2D eigenvalue weighted by Crippen LogP contribution is -2.06. The van der Waals surface area contributed by atoms with E-state index in [-0.39, 0.29) is 5.82 Å². The van der Waals surface area contributed by atoms with E-state index in [0.29, 0.717) is 12.6 Å². The zero-order chi connectivity index (χ0) is 11.7. The van der Waals surface area contributed by atoms with Gasteiger partial charge >= 0.3 is 0 Å². The van der Waals surface area contributed by atoms with Gasteiger partial charge in [-0.1, -0.05) is 12.1 Å². The normalized spacial score (nSPS) is 14.9. The first-order valence-corrected chi connectivity index (χ1v) is 5.84. The fourth-order valence-electron chi connectivity index (χ4n) is 1.93. The Morgan fingerprint density at radius 2 is 2.29 bits per heavy atom. The smallest absolute Gasteiger partial charge is 0.203 e. The van der Waals surface area contributed by atoms with Crippen LogP contribution < -0.4 is 5.32 Å². The van der Waals surface area contributed by atoms with Crippen LogP contribution in [0, 0.1) is 5.82 Å². The van der Waals surface area contributed by atoms with E-state index in [0.717, 1.165) is 11.5 Å². The highest BCUT2D eigenvalue weighted by molar-refractivity contribution is 5.30. The number of benzene rings is 1. The summed E-state index contributed by atoms with van der Waals surface area (Å²) in [5.41, 5.74) is 0.926. The number of hydrogen-bond acceptors (Lipinski definition) is 2. The summed E-state index contributed by atoms with van der Waals surface area (Å²) in [5, 5.41) is 3.24. The molecule has 1 fully saturated rings. The first-order valence-electron chi connectivity index (χ1n) is 5.84. The number of rotatable bonds is 4. The van der Waals surface area contributed by atoms with Crippen molar-refractivity contribution >= 4 is 5.95 Å². The van der Waals surface area contributed by atoms with Crippen LogP contribution in [0.1, 0.15) is 24.4 Å². The first kappa shape index (κ1) is 10.3. The van der Waals surface area contributed by atoms with E-state index in [1.807, 2.05) is 12.3 Å². The molecule has 0 saturated heterocycles. The highest BCUT2D eigenvalue weighted by Crippen LogP contribution is 2.36. The third kappa shape index (κ3) is 2.30. The summed E-state index contributed by atoms with van der Waals surface area (Å²) in [6.45, 7) is 0.599. The number of aromatic nitrogens is 2. The van der Waals surface area contributed by atoms with E-state index in [4.69, 9.17) is 0 Å². The van der Waals surface area contributed by atoms with Crippen LogP contribution in [0.5, 0.6) is 0 Å². The van der Waals surface area contributed by atoms with Gasteiger partial charge in [-0.05, 0) is 30.5 Å². The SMILES string of the molecule is Fc1cccc(CNc2nccn2C2CC2)c1. The molecule has 0 spiro atoms. The third-order valence-corrected chi connectivity index (χ3v) is 2.95. The lowest BCUT2D eigenvalue weighted by atomic mass is 10.2. The van der Waals surface area contributed by atoms with Crippen molar-refractivity contribution in [2.75, 3.05) is 5.32 Å². The molecule has 1 saturated carbocycles. The van der Waals surface area contributed by atoms with Gasteiger partial charge in [0.15, 0.2) is 0 Å². The molecule has 88 valence electrons. The maximum absolute atomic E-state index is 13.0. The Morgan fingerprint density at radius 1 is 1.41 bits per heavy atom. The molecule has 4 heteroatoms. The molecule has 1 aromatic carbocycles. The fraction of sp³-hybridized carbons (Fsp3) is 0.308. The molecule has 0 atom stereocenters. The van der Waals surface area contributed by atoms with Crippen molar-refractivity contribution in [2.24, 2.45) is 0 Å². The maximum atomic E-state index is 13.0. The zero-order valence-electron chi connectivity index (χ0n) is 9.44. The predicted molar refractivity (Wildman–Crippen MR) is 64.2 cm³/mol.